The van der Waals surface area contributed by atoms with E-state index in [0.717, 1.165) is 27.6 Å². The summed E-state index contributed by atoms with van der Waals surface area (Å²) >= 11 is 0. The lowest BCUT2D eigenvalue weighted by atomic mass is 9.94. The third-order valence-corrected chi connectivity index (χ3v) is 6.64. The van der Waals surface area contributed by atoms with Gasteiger partial charge in [0, 0.05) is 53.0 Å². The molecule has 6 heteroatoms. The summed E-state index contributed by atoms with van der Waals surface area (Å²) in [6.07, 6.45) is 1.03. The van der Waals surface area contributed by atoms with Crippen molar-refractivity contribution in [1.82, 2.24) is 4.90 Å². The Morgan fingerprint density at radius 2 is 1.50 bits per heavy atom. The normalized spacial score (nSPS) is 12.8. The van der Waals surface area contributed by atoms with Crippen molar-refractivity contribution < 1.29 is 14.4 Å². The van der Waals surface area contributed by atoms with E-state index in [4.69, 9.17) is 5.73 Å². The Morgan fingerprint density at radius 3 is 2.14 bits per heavy atom. The first-order valence-electron chi connectivity index (χ1n) is 12.1. The Balaban J connectivity index is 1.21. The van der Waals surface area contributed by atoms with Gasteiger partial charge in [-0.3, -0.25) is 19.3 Å². The van der Waals surface area contributed by atoms with Crippen molar-refractivity contribution in [3.8, 4) is 11.1 Å². The number of amides is 2. The fourth-order valence-electron chi connectivity index (χ4n) is 4.70. The maximum atomic E-state index is 13.0. The van der Waals surface area contributed by atoms with Gasteiger partial charge in [-0.1, -0.05) is 49.4 Å². The molecule has 3 N–H and O–H groups in total. The van der Waals surface area contributed by atoms with Crippen LogP contribution in [-0.4, -0.2) is 35.6 Å². The number of carbonyl (C=O) groups is 3. The molecular formula is C30H27N3O3. The Morgan fingerprint density at radius 1 is 0.861 bits per heavy atom. The SMILES string of the molecule is CCC(=O)c1cc(-c2ccc(NCCCN3C(=O)c4cccc5cccc(c45)C3=O)cc2)ccc1N. The first-order chi connectivity index (χ1) is 17.5. The maximum Gasteiger partial charge on any atom is 0.261 e. The molecule has 4 aromatic carbocycles. The standard InChI is InChI=1S/C30H27N3O3/c1-2-27(34)25-18-21(12-15-26(25)31)19-10-13-22(14-11-19)32-16-5-17-33-29(35)23-8-3-6-20-7-4-9-24(28(20)23)30(33)36/h3-4,6-15,18,32H,2,5,16-17,31H2,1H3. The summed E-state index contributed by atoms with van der Waals surface area (Å²) in [4.78, 5) is 39.5. The molecular weight excluding hydrogens is 450 g/mol. The molecule has 4 aromatic rings. The fraction of sp³-hybridized carbons (Fsp3) is 0.167. The van der Waals surface area contributed by atoms with Crippen LogP contribution in [0, 0.1) is 0 Å². The number of rotatable bonds is 8. The summed E-state index contributed by atoms with van der Waals surface area (Å²) in [7, 11) is 0. The van der Waals surface area contributed by atoms with E-state index in [-0.39, 0.29) is 17.6 Å². The number of nitrogen functional groups attached to an aromatic ring is 1. The summed E-state index contributed by atoms with van der Waals surface area (Å²) < 4.78 is 0. The summed E-state index contributed by atoms with van der Waals surface area (Å²) in [5, 5.41) is 5.01. The van der Waals surface area contributed by atoms with Crippen LogP contribution in [-0.2, 0) is 0 Å². The van der Waals surface area contributed by atoms with Gasteiger partial charge in [-0.15, -0.1) is 0 Å². The van der Waals surface area contributed by atoms with Gasteiger partial charge in [-0.05, 0) is 59.3 Å². The van der Waals surface area contributed by atoms with Crippen LogP contribution in [0.25, 0.3) is 21.9 Å². The minimum atomic E-state index is -0.238. The van der Waals surface area contributed by atoms with Gasteiger partial charge in [0.1, 0.15) is 0 Å². The number of benzene rings is 4. The molecule has 0 radical (unpaired) electrons. The summed E-state index contributed by atoms with van der Waals surface area (Å²) in [6, 6.07) is 24.6. The molecule has 1 aliphatic rings. The molecule has 1 heterocycles. The maximum absolute atomic E-state index is 13.0. The van der Waals surface area contributed by atoms with E-state index in [1.54, 1.807) is 18.2 Å². The number of nitrogens with two attached hydrogens (primary N) is 1. The Hall–Kier alpha value is -4.45. The third kappa shape index (κ3) is 4.22. The van der Waals surface area contributed by atoms with Gasteiger partial charge in [0.2, 0.25) is 0 Å². The molecule has 0 saturated carbocycles. The van der Waals surface area contributed by atoms with Gasteiger partial charge in [-0.2, -0.15) is 0 Å². The van der Waals surface area contributed by atoms with Crippen molar-refractivity contribution in [3.63, 3.8) is 0 Å². The van der Waals surface area contributed by atoms with Gasteiger partial charge < -0.3 is 11.1 Å². The molecule has 6 nitrogen and oxygen atoms in total. The molecule has 2 amide bonds. The van der Waals surface area contributed by atoms with Gasteiger partial charge in [0.15, 0.2) is 5.78 Å². The van der Waals surface area contributed by atoms with E-state index >= 15 is 0 Å². The molecule has 0 aliphatic carbocycles. The minimum absolute atomic E-state index is 0.0264. The van der Waals surface area contributed by atoms with Crippen molar-refractivity contribution in [3.05, 3.63) is 95.6 Å². The summed E-state index contributed by atoms with van der Waals surface area (Å²) in [5.74, 6) is -0.449. The highest BCUT2D eigenvalue weighted by molar-refractivity contribution is 6.25. The van der Waals surface area contributed by atoms with Gasteiger partial charge in [0.25, 0.3) is 11.8 Å². The van der Waals surface area contributed by atoms with E-state index in [2.05, 4.69) is 5.32 Å². The van der Waals surface area contributed by atoms with Crippen molar-refractivity contribution in [2.45, 2.75) is 19.8 Å². The predicted octanol–water partition coefficient (Wildman–Crippen LogP) is 5.78. The minimum Gasteiger partial charge on any atom is -0.398 e. The number of imide groups is 1. The van der Waals surface area contributed by atoms with Gasteiger partial charge in [-0.25, -0.2) is 0 Å². The summed E-state index contributed by atoms with van der Waals surface area (Å²) in [6.45, 7) is 2.78. The number of hydrogen-bond acceptors (Lipinski definition) is 5. The van der Waals surface area contributed by atoms with Crippen molar-refractivity contribution in [2.75, 3.05) is 24.1 Å². The Bertz CT molecular complexity index is 1440. The van der Waals surface area contributed by atoms with Crippen LogP contribution >= 0.6 is 0 Å². The number of Topliss-reactive ketones (excluding diaryl/α,β-unsaturated/α-hetero) is 1. The molecule has 0 saturated heterocycles. The average molecular weight is 478 g/mol. The van der Waals surface area contributed by atoms with Crippen LogP contribution in [0.4, 0.5) is 11.4 Å². The second-order valence-electron chi connectivity index (χ2n) is 8.91. The zero-order valence-electron chi connectivity index (χ0n) is 20.1. The highest BCUT2D eigenvalue weighted by atomic mass is 16.2. The number of anilines is 2. The first-order valence-corrected chi connectivity index (χ1v) is 12.1. The topological polar surface area (TPSA) is 92.5 Å². The molecule has 0 unspecified atom stereocenters. The zero-order valence-corrected chi connectivity index (χ0v) is 20.1. The first kappa shape index (κ1) is 23.3. The van der Waals surface area contributed by atoms with Crippen LogP contribution in [0.1, 0.15) is 50.8 Å². The molecule has 0 aromatic heterocycles. The molecule has 36 heavy (non-hydrogen) atoms. The van der Waals surface area contributed by atoms with Crippen molar-refractivity contribution in [2.24, 2.45) is 0 Å². The van der Waals surface area contributed by atoms with Crippen LogP contribution in [0.3, 0.4) is 0 Å². The Kier molecular flexibility index (Phi) is 6.25. The number of nitrogens with zero attached hydrogens (tertiary/aromatic N) is 1. The lowest BCUT2D eigenvalue weighted by Crippen LogP contribution is -2.41. The third-order valence-electron chi connectivity index (χ3n) is 6.64. The van der Waals surface area contributed by atoms with E-state index in [9.17, 15) is 14.4 Å². The predicted molar refractivity (Wildman–Crippen MR) is 143 cm³/mol. The number of carbonyl (C=O) groups excluding carboxylic acids is 3. The van der Waals surface area contributed by atoms with Crippen molar-refractivity contribution in [1.29, 1.82) is 0 Å². The van der Waals surface area contributed by atoms with E-state index in [1.807, 2.05) is 67.6 Å². The highest BCUT2D eigenvalue weighted by Crippen LogP contribution is 2.30. The van der Waals surface area contributed by atoms with E-state index < -0.39 is 0 Å². The lowest BCUT2D eigenvalue weighted by molar-refractivity contribution is 0.0610. The van der Waals surface area contributed by atoms with Crippen LogP contribution in [0.2, 0.25) is 0 Å². The molecule has 0 fully saturated rings. The second kappa shape index (κ2) is 9.66. The monoisotopic (exact) mass is 477 g/mol. The van der Waals surface area contributed by atoms with Crippen LogP contribution < -0.4 is 11.1 Å². The molecule has 1 aliphatic heterocycles. The zero-order chi connectivity index (χ0) is 25.2. The van der Waals surface area contributed by atoms with Crippen LogP contribution in [0.15, 0.2) is 78.9 Å². The molecule has 0 spiro atoms. The molecule has 5 rings (SSSR count). The Labute approximate surface area is 209 Å². The fourth-order valence-corrected chi connectivity index (χ4v) is 4.70. The quantitative estimate of drug-likeness (QED) is 0.145. The van der Waals surface area contributed by atoms with Gasteiger partial charge >= 0.3 is 0 Å². The smallest absolute Gasteiger partial charge is 0.261 e. The van der Waals surface area contributed by atoms with Gasteiger partial charge in [0.05, 0.1) is 0 Å². The highest BCUT2D eigenvalue weighted by Gasteiger charge is 2.32. The van der Waals surface area contributed by atoms with E-state index in [1.165, 1.54) is 4.90 Å². The number of nitrogens with one attached hydrogen (secondary N) is 1. The molecule has 0 atom stereocenters. The summed E-state index contributed by atoms with van der Waals surface area (Å²) in [5.41, 5.74) is 11.0. The van der Waals surface area contributed by atoms with Crippen LogP contribution in [0.5, 0.6) is 0 Å². The largest absolute Gasteiger partial charge is 0.398 e. The lowest BCUT2D eigenvalue weighted by Gasteiger charge is -2.27. The second-order valence-corrected chi connectivity index (χ2v) is 8.91. The average Bonchev–Trinajstić information content (AvgIpc) is 2.91. The number of ketones is 1. The van der Waals surface area contributed by atoms with E-state index in [0.29, 0.717) is 48.3 Å². The molecule has 0 bridgehead atoms. The van der Waals surface area contributed by atoms with Crippen molar-refractivity contribution >= 4 is 39.7 Å². The molecule has 180 valence electrons. The number of hydrogen-bond donors (Lipinski definition) is 2.